The Morgan fingerprint density at radius 1 is 1.40 bits per heavy atom. The van der Waals surface area contributed by atoms with Crippen LogP contribution in [0.1, 0.15) is 17.3 Å². The maximum atomic E-state index is 11.9. The lowest BCUT2D eigenvalue weighted by Crippen LogP contribution is -2.08. The minimum Gasteiger partial charge on any atom is -0.462 e. The summed E-state index contributed by atoms with van der Waals surface area (Å²) in [4.78, 5) is 17.1. The summed E-state index contributed by atoms with van der Waals surface area (Å²) in [5.74, 6) is -0.410. The molecule has 1 heterocycles. The molecule has 104 valence electrons. The minimum atomic E-state index is -0.410. The lowest BCUT2D eigenvalue weighted by molar-refractivity contribution is 0.0521. The van der Waals surface area contributed by atoms with Gasteiger partial charge in [0.1, 0.15) is 5.03 Å². The highest BCUT2D eigenvalue weighted by molar-refractivity contribution is 9.10. The lowest BCUT2D eigenvalue weighted by atomic mass is 10.3. The number of pyridine rings is 1. The molecule has 0 saturated heterocycles. The van der Waals surface area contributed by atoms with Gasteiger partial charge in [0.15, 0.2) is 0 Å². The number of benzene rings is 1. The average Bonchev–Trinajstić information content (AvgIpc) is 2.43. The van der Waals surface area contributed by atoms with E-state index < -0.39 is 5.97 Å². The van der Waals surface area contributed by atoms with Gasteiger partial charge in [-0.05, 0) is 37.3 Å². The van der Waals surface area contributed by atoms with Crippen molar-refractivity contribution in [2.75, 3.05) is 12.3 Å². The van der Waals surface area contributed by atoms with Crippen LogP contribution in [0.5, 0.6) is 0 Å². The van der Waals surface area contributed by atoms with Gasteiger partial charge >= 0.3 is 5.97 Å². The second-order valence-electron chi connectivity index (χ2n) is 3.90. The summed E-state index contributed by atoms with van der Waals surface area (Å²) in [5, 5.41) is 0.583. The molecular formula is C14H13BrN2O2S. The molecule has 2 aromatic rings. The van der Waals surface area contributed by atoms with Crippen molar-refractivity contribution in [3.8, 4) is 0 Å². The van der Waals surface area contributed by atoms with E-state index in [-0.39, 0.29) is 0 Å². The Balaban J connectivity index is 2.31. The molecule has 2 N–H and O–H groups in total. The molecule has 1 aromatic carbocycles. The van der Waals surface area contributed by atoms with E-state index in [1.165, 1.54) is 18.0 Å². The molecule has 0 fully saturated rings. The van der Waals surface area contributed by atoms with E-state index in [2.05, 4.69) is 20.9 Å². The highest BCUT2D eigenvalue weighted by Crippen LogP contribution is 2.30. The van der Waals surface area contributed by atoms with E-state index in [9.17, 15) is 4.79 Å². The molecule has 0 spiro atoms. The topological polar surface area (TPSA) is 65.2 Å². The predicted octanol–water partition coefficient (Wildman–Crippen LogP) is 3.75. The Kier molecular flexibility index (Phi) is 5.03. The van der Waals surface area contributed by atoms with E-state index in [1.807, 2.05) is 24.3 Å². The smallest absolute Gasteiger partial charge is 0.340 e. The Morgan fingerprint density at radius 3 is 2.75 bits per heavy atom. The van der Waals surface area contributed by atoms with Crippen molar-refractivity contribution in [3.05, 3.63) is 46.6 Å². The number of ether oxygens (including phenoxy) is 1. The summed E-state index contributed by atoms with van der Waals surface area (Å²) in [6, 6.07) is 9.35. The second kappa shape index (κ2) is 6.76. The highest BCUT2D eigenvalue weighted by Gasteiger charge is 2.15. The monoisotopic (exact) mass is 352 g/mol. The van der Waals surface area contributed by atoms with Crippen LogP contribution in [-0.2, 0) is 4.74 Å². The molecule has 4 nitrogen and oxygen atoms in total. The standard InChI is InChI=1S/C14H13BrN2O2S/c1-2-19-14(18)12-7-10(16)8-17-13(12)20-11-5-3-9(15)4-6-11/h3-8H,2,16H2,1H3. The third-order valence-electron chi connectivity index (χ3n) is 2.40. The fraction of sp³-hybridized carbons (Fsp3) is 0.143. The number of hydrogen-bond donors (Lipinski definition) is 1. The number of aromatic nitrogens is 1. The van der Waals surface area contributed by atoms with Crippen molar-refractivity contribution in [2.45, 2.75) is 16.8 Å². The van der Waals surface area contributed by atoms with Crippen LogP contribution < -0.4 is 5.73 Å². The van der Waals surface area contributed by atoms with Crippen LogP contribution >= 0.6 is 27.7 Å². The largest absolute Gasteiger partial charge is 0.462 e. The molecule has 0 bridgehead atoms. The van der Waals surface area contributed by atoms with Gasteiger partial charge in [-0.3, -0.25) is 0 Å². The summed E-state index contributed by atoms with van der Waals surface area (Å²) >= 11 is 4.78. The fourth-order valence-corrected chi connectivity index (χ4v) is 2.64. The number of esters is 1. The van der Waals surface area contributed by atoms with E-state index in [4.69, 9.17) is 10.5 Å². The van der Waals surface area contributed by atoms with Crippen molar-refractivity contribution < 1.29 is 9.53 Å². The van der Waals surface area contributed by atoms with Gasteiger partial charge < -0.3 is 10.5 Å². The Bertz CT molecular complexity index is 617. The molecule has 0 amide bonds. The molecule has 0 aliphatic carbocycles. The van der Waals surface area contributed by atoms with Crippen molar-refractivity contribution in [1.29, 1.82) is 0 Å². The van der Waals surface area contributed by atoms with Crippen LogP contribution in [0.25, 0.3) is 0 Å². The van der Waals surface area contributed by atoms with E-state index in [0.717, 1.165) is 9.37 Å². The summed E-state index contributed by atoms with van der Waals surface area (Å²) in [6.07, 6.45) is 1.53. The van der Waals surface area contributed by atoms with Gasteiger partial charge in [0, 0.05) is 9.37 Å². The van der Waals surface area contributed by atoms with Crippen molar-refractivity contribution in [1.82, 2.24) is 4.98 Å². The Morgan fingerprint density at radius 2 is 2.10 bits per heavy atom. The molecule has 20 heavy (non-hydrogen) atoms. The van der Waals surface area contributed by atoms with Gasteiger partial charge in [0.25, 0.3) is 0 Å². The Labute approximate surface area is 129 Å². The van der Waals surface area contributed by atoms with Gasteiger partial charge in [-0.1, -0.05) is 27.7 Å². The third-order valence-corrected chi connectivity index (χ3v) is 3.95. The SMILES string of the molecule is CCOC(=O)c1cc(N)cnc1Sc1ccc(Br)cc1. The lowest BCUT2D eigenvalue weighted by Gasteiger charge is -2.08. The maximum Gasteiger partial charge on any atom is 0.340 e. The number of carbonyl (C=O) groups excluding carboxylic acids is 1. The normalized spacial score (nSPS) is 10.3. The van der Waals surface area contributed by atoms with Gasteiger partial charge in [-0.25, -0.2) is 9.78 Å². The molecule has 0 radical (unpaired) electrons. The molecule has 2 rings (SSSR count). The minimum absolute atomic E-state index is 0.315. The molecular weight excluding hydrogens is 340 g/mol. The first kappa shape index (κ1) is 14.9. The molecule has 0 saturated carbocycles. The predicted molar refractivity (Wildman–Crippen MR) is 82.9 cm³/mol. The van der Waals surface area contributed by atoms with Gasteiger partial charge in [-0.2, -0.15) is 0 Å². The van der Waals surface area contributed by atoms with Gasteiger partial charge in [0.2, 0.25) is 0 Å². The van der Waals surface area contributed by atoms with Crippen LogP contribution in [0.2, 0.25) is 0 Å². The number of anilines is 1. The number of carbonyl (C=O) groups is 1. The third kappa shape index (κ3) is 3.74. The summed E-state index contributed by atoms with van der Waals surface area (Å²) in [5.41, 5.74) is 6.52. The van der Waals surface area contributed by atoms with Gasteiger partial charge in [0.05, 0.1) is 24.1 Å². The van der Waals surface area contributed by atoms with Crippen LogP contribution in [-0.4, -0.2) is 17.6 Å². The fourth-order valence-electron chi connectivity index (χ4n) is 1.52. The second-order valence-corrected chi connectivity index (χ2v) is 5.88. The first-order valence-corrected chi connectivity index (χ1v) is 7.57. The van der Waals surface area contributed by atoms with Crippen LogP contribution in [0.4, 0.5) is 5.69 Å². The summed E-state index contributed by atoms with van der Waals surface area (Å²) < 4.78 is 6.02. The van der Waals surface area contributed by atoms with Crippen LogP contribution in [0.3, 0.4) is 0 Å². The summed E-state index contributed by atoms with van der Waals surface area (Å²) in [7, 11) is 0. The zero-order chi connectivity index (χ0) is 14.5. The van der Waals surface area contributed by atoms with E-state index >= 15 is 0 Å². The summed E-state index contributed by atoms with van der Waals surface area (Å²) in [6.45, 7) is 2.08. The number of hydrogen-bond acceptors (Lipinski definition) is 5. The highest BCUT2D eigenvalue weighted by atomic mass is 79.9. The van der Waals surface area contributed by atoms with Crippen molar-refractivity contribution in [2.24, 2.45) is 0 Å². The van der Waals surface area contributed by atoms with E-state index in [1.54, 1.807) is 13.0 Å². The first-order chi connectivity index (χ1) is 9.60. The van der Waals surface area contributed by atoms with Gasteiger partial charge in [-0.15, -0.1) is 0 Å². The average molecular weight is 353 g/mol. The zero-order valence-corrected chi connectivity index (χ0v) is 13.2. The Hall–Kier alpha value is -1.53. The van der Waals surface area contributed by atoms with Crippen molar-refractivity contribution in [3.63, 3.8) is 0 Å². The van der Waals surface area contributed by atoms with Crippen LogP contribution in [0.15, 0.2) is 50.9 Å². The number of nitrogen functional groups attached to an aromatic ring is 1. The zero-order valence-electron chi connectivity index (χ0n) is 10.8. The molecule has 1 aromatic heterocycles. The molecule has 0 unspecified atom stereocenters. The molecule has 0 aliphatic rings. The van der Waals surface area contributed by atoms with Crippen molar-refractivity contribution >= 4 is 39.3 Å². The van der Waals surface area contributed by atoms with E-state index in [0.29, 0.717) is 22.9 Å². The number of nitrogens with two attached hydrogens (primary N) is 1. The maximum absolute atomic E-state index is 11.9. The molecule has 6 heteroatoms. The number of nitrogens with zero attached hydrogens (tertiary/aromatic N) is 1. The van der Waals surface area contributed by atoms with Crippen LogP contribution in [0, 0.1) is 0 Å². The number of rotatable bonds is 4. The quantitative estimate of drug-likeness (QED) is 0.848. The molecule has 0 aliphatic heterocycles. The number of halogens is 1. The first-order valence-electron chi connectivity index (χ1n) is 5.96. The molecule has 0 atom stereocenters.